The van der Waals surface area contributed by atoms with Crippen molar-refractivity contribution in [1.82, 2.24) is 4.98 Å². The Morgan fingerprint density at radius 3 is 2.55 bits per heavy atom. The number of rotatable bonds is 7. The van der Waals surface area contributed by atoms with E-state index < -0.39 is 17.5 Å². The Kier molecular flexibility index (Phi) is 6.28. The first-order valence-corrected chi connectivity index (χ1v) is 10.1. The second-order valence-electron chi connectivity index (χ2n) is 6.43. The molecule has 0 saturated heterocycles. The lowest BCUT2D eigenvalue weighted by atomic mass is 10.1. The average Bonchev–Trinajstić information content (AvgIpc) is 3.27. The van der Waals surface area contributed by atoms with E-state index in [-0.39, 0.29) is 12.4 Å². The first-order valence-electron chi connectivity index (χ1n) is 9.26. The van der Waals surface area contributed by atoms with Crippen LogP contribution in [0.25, 0.3) is 11.3 Å². The van der Waals surface area contributed by atoms with E-state index in [0.29, 0.717) is 10.7 Å². The SMILES string of the molecule is Fc1ccc(OCc2ccccc2C=NNc2nc(-c3ccccc3)cs2)c(F)c1F. The maximum Gasteiger partial charge on any atom is 0.203 e. The van der Waals surface area contributed by atoms with Crippen LogP contribution < -0.4 is 10.2 Å². The molecule has 4 rings (SSSR count). The van der Waals surface area contributed by atoms with Crippen molar-refractivity contribution < 1.29 is 17.9 Å². The molecule has 156 valence electrons. The van der Waals surface area contributed by atoms with Gasteiger partial charge in [-0.2, -0.15) is 9.49 Å². The van der Waals surface area contributed by atoms with Crippen LogP contribution in [0.5, 0.6) is 5.75 Å². The highest BCUT2D eigenvalue weighted by molar-refractivity contribution is 7.14. The maximum absolute atomic E-state index is 13.8. The zero-order valence-electron chi connectivity index (χ0n) is 16.1. The molecule has 0 fully saturated rings. The van der Waals surface area contributed by atoms with E-state index >= 15 is 0 Å². The number of aromatic nitrogens is 1. The van der Waals surface area contributed by atoms with Gasteiger partial charge >= 0.3 is 0 Å². The van der Waals surface area contributed by atoms with Gasteiger partial charge in [0.05, 0.1) is 11.9 Å². The Labute approximate surface area is 180 Å². The summed E-state index contributed by atoms with van der Waals surface area (Å²) in [5, 5.41) is 6.78. The molecule has 1 N–H and O–H groups in total. The number of thiazole rings is 1. The molecule has 0 saturated carbocycles. The predicted molar refractivity (Wildman–Crippen MR) is 116 cm³/mol. The smallest absolute Gasteiger partial charge is 0.203 e. The van der Waals surface area contributed by atoms with Crippen molar-refractivity contribution in [3.63, 3.8) is 0 Å². The summed E-state index contributed by atoms with van der Waals surface area (Å²) in [4.78, 5) is 4.50. The number of nitrogens with one attached hydrogen (secondary N) is 1. The largest absolute Gasteiger partial charge is 0.486 e. The lowest BCUT2D eigenvalue weighted by Crippen LogP contribution is -2.03. The highest BCUT2D eigenvalue weighted by atomic mass is 32.1. The molecule has 0 spiro atoms. The molecule has 0 amide bonds. The lowest BCUT2D eigenvalue weighted by Gasteiger charge is -2.10. The van der Waals surface area contributed by atoms with E-state index in [0.717, 1.165) is 29.0 Å². The summed E-state index contributed by atoms with van der Waals surface area (Å²) in [6.07, 6.45) is 1.59. The normalized spacial score (nSPS) is 11.1. The van der Waals surface area contributed by atoms with Crippen LogP contribution in [0.15, 0.2) is 77.2 Å². The van der Waals surface area contributed by atoms with Crippen LogP contribution in [-0.4, -0.2) is 11.2 Å². The van der Waals surface area contributed by atoms with Gasteiger partial charge in [-0.15, -0.1) is 11.3 Å². The number of anilines is 1. The summed E-state index contributed by atoms with van der Waals surface area (Å²) < 4.78 is 45.6. The molecule has 31 heavy (non-hydrogen) atoms. The van der Waals surface area contributed by atoms with Crippen molar-refractivity contribution >= 4 is 22.7 Å². The highest BCUT2D eigenvalue weighted by Gasteiger charge is 2.14. The van der Waals surface area contributed by atoms with Gasteiger partial charge in [0, 0.05) is 16.5 Å². The summed E-state index contributed by atoms with van der Waals surface area (Å²) >= 11 is 1.43. The Morgan fingerprint density at radius 2 is 1.71 bits per heavy atom. The Balaban J connectivity index is 1.43. The molecule has 0 aliphatic rings. The molecule has 8 heteroatoms. The van der Waals surface area contributed by atoms with Gasteiger partial charge in [0.15, 0.2) is 17.4 Å². The zero-order chi connectivity index (χ0) is 21.6. The van der Waals surface area contributed by atoms with Crippen molar-refractivity contribution in [3.8, 4) is 17.0 Å². The van der Waals surface area contributed by atoms with Gasteiger partial charge in [0.2, 0.25) is 10.9 Å². The number of nitrogens with zero attached hydrogens (tertiary/aromatic N) is 2. The molecule has 3 aromatic carbocycles. The van der Waals surface area contributed by atoms with E-state index in [1.807, 2.05) is 47.8 Å². The summed E-state index contributed by atoms with van der Waals surface area (Å²) in [5.41, 5.74) is 6.18. The van der Waals surface area contributed by atoms with E-state index in [1.165, 1.54) is 11.3 Å². The molecule has 1 aromatic heterocycles. The van der Waals surface area contributed by atoms with Crippen LogP contribution in [0.3, 0.4) is 0 Å². The molecule has 0 radical (unpaired) electrons. The van der Waals surface area contributed by atoms with E-state index in [9.17, 15) is 13.2 Å². The van der Waals surface area contributed by atoms with Crippen molar-refractivity contribution in [2.75, 3.05) is 5.43 Å². The molecular weight excluding hydrogens is 423 g/mol. The molecule has 0 atom stereocenters. The maximum atomic E-state index is 13.8. The van der Waals surface area contributed by atoms with E-state index in [4.69, 9.17) is 4.74 Å². The highest BCUT2D eigenvalue weighted by Crippen LogP contribution is 2.25. The fourth-order valence-corrected chi connectivity index (χ4v) is 3.46. The third-order valence-corrected chi connectivity index (χ3v) is 5.12. The molecule has 1 heterocycles. The lowest BCUT2D eigenvalue weighted by molar-refractivity contribution is 0.281. The fourth-order valence-electron chi connectivity index (χ4n) is 2.79. The second-order valence-corrected chi connectivity index (χ2v) is 7.29. The van der Waals surface area contributed by atoms with Crippen LogP contribution in [-0.2, 0) is 6.61 Å². The number of halogens is 3. The van der Waals surface area contributed by atoms with Gasteiger partial charge in [-0.05, 0) is 17.7 Å². The Hall–Kier alpha value is -3.65. The van der Waals surface area contributed by atoms with Crippen LogP contribution in [0.2, 0.25) is 0 Å². The first-order chi connectivity index (χ1) is 15.1. The Morgan fingerprint density at radius 1 is 0.935 bits per heavy atom. The van der Waals surface area contributed by atoms with Gasteiger partial charge < -0.3 is 4.74 Å². The average molecular weight is 439 g/mol. The van der Waals surface area contributed by atoms with E-state index in [2.05, 4.69) is 15.5 Å². The van der Waals surface area contributed by atoms with Gasteiger partial charge in [0.1, 0.15) is 6.61 Å². The molecule has 0 aliphatic heterocycles. The van der Waals surface area contributed by atoms with Gasteiger partial charge in [0.25, 0.3) is 0 Å². The van der Waals surface area contributed by atoms with Crippen molar-refractivity contribution in [3.05, 3.63) is 101 Å². The van der Waals surface area contributed by atoms with Crippen LogP contribution in [0.4, 0.5) is 18.3 Å². The monoisotopic (exact) mass is 439 g/mol. The van der Waals surface area contributed by atoms with Crippen LogP contribution in [0, 0.1) is 17.5 Å². The second kappa shape index (κ2) is 9.44. The predicted octanol–water partition coefficient (Wildman–Crippen LogP) is 6.25. The van der Waals surface area contributed by atoms with Crippen molar-refractivity contribution in [2.24, 2.45) is 5.10 Å². The first kappa shape index (κ1) is 20.6. The Bertz CT molecular complexity index is 1210. The van der Waals surface area contributed by atoms with Crippen molar-refractivity contribution in [2.45, 2.75) is 6.61 Å². The molecule has 0 aliphatic carbocycles. The van der Waals surface area contributed by atoms with Crippen LogP contribution in [0.1, 0.15) is 11.1 Å². The minimum absolute atomic E-state index is 0.0421. The van der Waals surface area contributed by atoms with Gasteiger partial charge in [-0.1, -0.05) is 54.6 Å². The van der Waals surface area contributed by atoms with Gasteiger partial charge in [-0.3, -0.25) is 5.43 Å². The van der Waals surface area contributed by atoms with Gasteiger partial charge in [-0.25, -0.2) is 13.8 Å². The summed E-state index contributed by atoms with van der Waals surface area (Å²) in [7, 11) is 0. The number of hydrogen-bond acceptors (Lipinski definition) is 5. The number of benzene rings is 3. The quantitative estimate of drug-likeness (QED) is 0.210. The minimum Gasteiger partial charge on any atom is -0.486 e. The van der Waals surface area contributed by atoms with Crippen molar-refractivity contribution in [1.29, 1.82) is 0 Å². The zero-order valence-corrected chi connectivity index (χ0v) is 16.9. The standard InChI is InChI=1S/C23H16F3N3OS/c24-18-10-11-20(22(26)21(18)25)30-13-17-9-5-4-8-16(17)12-27-29-23-28-19(14-31-23)15-6-2-1-3-7-15/h1-12,14H,13H2,(H,28,29). The number of hydrazone groups is 1. The summed E-state index contributed by atoms with van der Waals surface area (Å²) in [6, 6.07) is 18.9. The fraction of sp³-hybridized carbons (Fsp3) is 0.0435. The molecule has 0 unspecified atom stereocenters. The third kappa shape index (κ3) is 4.92. The third-order valence-electron chi connectivity index (χ3n) is 4.38. The minimum atomic E-state index is -1.56. The van der Waals surface area contributed by atoms with E-state index in [1.54, 1.807) is 18.3 Å². The number of hydrogen-bond donors (Lipinski definition) is 1. The molecule has 4 aromatic rings. The molecular formula is C23H16F3N3OS. The van der Waals surface area contributed by atoms with Crippen LogP contribution >= 0.6 is 11.3 Å². The summed E-state index contributed by atoms with van der Waals surface area (Å²) in [6.45, 7) is -0.0421. The topological polar surface area (TPSA) is 46.5 Å². The molecule has 0 bridgehead atoms. The number of ether oxygens (including phenoxy) is 1. The summed E-state index contributed by atoms with van der Waals surface area (Å²) in [5.74, 6) is -4.54. The molecule has 4 nitrogen and oxygen atoms in total.